The van der Waals surface area contributed by atoms with E-state index in [4.69, 9.17) is 0 Å². The van der Waals surface area contributed by atoms with Crippen LogP contribution in [0.3, 0.4) is 0 Å². The largest absolute Gasteiger partial charge is 0.391 e. The highest BCUT2D eigenvalue weighted by Gasteiger charge is 2.31. The van der Waals surface area contributed by atoms with E-state index in [9.17, 15) is 9.50 Å². The van der Waals surface area contributed by atoms with Crippen LogP contribution in [0.2, 0.25) is 0 Å². The van der Waals surface area contributed by atoms with Crippen LogP contribution < -0.4 is 10.6 Å². The lowest BCUT2D eigenvalue weighted by Crippen LogP contribution is -2.38. The smallest absolute Gasteiger partial charge is 0.123 e. The second-order valence-electron chi connectivity index (χ2n) is 6.09. The van der Waals surface area contributed by atoms with Gasteiger partial charge in [-0.1, -0.05) is 18.6 Å². The van der Waals surface area contributed by atoms with Crippen LogP contribution >= 0.6 is 0 Å². The highest BCUT2D eigenvalue weighted by molar-refractivity contribution is 5.23. The molecule has 2 aliphatic rings. The molecular weight excluding hydrogens is 255 g/mol. The van der Waals surface area contributed by atoms with Gasteiger partial charge in [-0.05, 0) is 36.5 Å². The molecule has 1 aliphatic carbocycles. The number of aliphatic hydroxyl groups is 1. The first kappa shape index (κ1) is 14.0. The van der Waals surface area contributed by atoms with E-state index in [-0.39, 0.29) is 11.9 Å². The molecule has 0 aromatic heterocycles. The molecule has 0 bridgehead atoms. The van der Waals surface area contributed by atoms with Crippen molar-refractivity contribution in [3.05, 3.63) is 35.6 Å². The van der Waals surface area contributed by atoms with E-state index in [1.165, 1.54) is 12.0 Å². The Labute approximate surface area is 119 Å². The summed E-state index contributed by atoms with van der Waals surface area (Å²) in [6.07, 6.45) is 3.31. The van der Waals surface area contributed by atoms with Crippen LogP contribution in [0.15, 0.2) is 24.3 Å². The summed E-state index contributed by atoms with van der Waals surface area (Å²) in [5.74, 6) is 0.614. The maximum absolute atomic E-state index is 13.0. The van der Waals surface area contributed by atoms with Gasteiger partial charge in [-0.25, -0.2) is 4.39 Å². The van der Waals surface area contributed by atoms with Crippen molar-refractivity contribution in [2.45, 2.75) is 37.3 Å². The number of nitrogens with one attached hydrogen (secondary N) is 2. The molecule has 4 heteroatoms. The number of hydrogen-bond acceptors (Lipinski definition) is 3. The molecule has 3 nitrogen and oxygen atoms in total. The van der Waals surface area contributed by atoms with Gasteiger partial charge in [-0.3, -0.25) is 0 Å². The standard InChI is InChI=1S/C16H23FN2O/c17-13-6-4-11(5-7-13)14-2-1-3-15(14)19-9-12-8-18-10-16(12)20/h4-7,12,14-16,18-20H,1-3,8-10H2. The summed E-state index contributed by atoms with van der Waals surface area (Å²) < 4.78 is 13.0. The molecular formula is C16H23FN2O. The molecule has 2 fully saturated rings. The van der Waals surface area contributed by atoms with Crippen LogP contribution in [-0.2, 0) is 0 Å². The Balaban J connectivity index is 1.59. The monoisotopic (exact) mass is 278 g/mol. The topological polar surface area (TPSA) is 44.3 Å². The molecule has 1 aliphatic heterocycles. The zero-order valence-corrected chi connectivity index (χ0v) is 11.7. The molecule has 0 spiro atoms. The van der Waals surface area contributed by atoms with Crippen molar-refractivity contribution in [1.82, 2.24) is 10.6 Å². The summed E-state index contributed by atoms with van der Waals surface area (Å²) in [7, 11) is 0. The average molecular weight is 278 g/mol. The summed E-state index contributed by atoms with van der Waals surface area (Å²) in [6.45, 7) is 2.46. The highest BCUT2D eigenvalue weighted by atomic mass is 19.1. The van der Waals surface area contributed by atoms with Gasteiger partial charge in [0.15, 0.2) is 0 Å². The van der Waals surface area contributed by atoms with Gasteiger partial charge in [0.1, 0.15) is 5.82 Å². The number of β-amino-alcohol motifs (C(OH)–C–C–N with tert-alkyl or cyclic N) is 1. The van der Waals surface area contributed by atoms with Gasteiger partial charge in [0, 0.05) is 31.6 Å². The molecule has 4 unspecified atom stereocenters. The minimum atomic E-state index is -0.229. The second-order valence-corrected chi connectivity index (χ2v) is 6.09. The molecule has 0 radical (unpaired) electrons. The molecule has 4 atom stereocenters. The van der Waals surface area contributed by atoms with Crippen molar-refractivity contribution in [1.29, 1.82) is 0 Å². The third-order valence-electron chi connectivity index (χ3n) is 4.76. The van der Waals surface area contributed by atoms with E-state index in [1.54, 1.807) is 12.1 Å². The van der Waals surface area contributed by atoms with Crippen LogP contribution in [0, 0.1) is 11.7 Å². The molecule has 1 aromatic carbocycles. The number of aliphatic hydroxyl groups excluding tert-OH is 1. The maximum Gasteiger partial charge on any atom is 0.123 e. The van der Waals surface area contributed by atoms with Crippen LogP contribution in [-0.4, -0.2) is 36.9 Å². The predicted molar refractivity (Wildman–Crippen MR) is 77.1 cm³/mol. The molecule has 1 heterocycles. The lowest BCUT2D eigenvalue weighted by Gasteiger charge is -2.24. The zero-order chi connectivity index (χ0) is 13.9. The van der Waals surface area contributed by atoms with Gasteiger partial charge in [0.05, 0.1) is 6.10 Å². The number of hydrogen-bond donors (Lipinski definition) is 3. The Kier molecular flexibility index (Phi) is 4.34. The maximum atomic E-state index is 13.0. The second kappa shape index (κ2) is 6.20. The molecule has 0 amide bonds. The van der Waals surface area contributed by atoms with Crippen LogP contribution in [0.5, 0.6) is 0 Å². The summed E-state index contributed by atoms with van der Waals surface area (Å²) in [6, 6.07) is 7.37. The SMILES string of the molecule is OC1CNCC1CNC1CCCC1c1ccc(F)cc1. The molecule has 3 N–H and O–H groups in total. The summed E-state index contributed by atoms with van der Waals surface area (Å²) in [5.41, 5.74) is 1.23. The van der Waals surface area contributed by atoms with E-state index in [1.807, 2.05) is 12.1 Å². The fourth-order valence-corrected chi connectivity index (χ4v) is 3.54. The number of halogens is 1. The van der Waals surface area contributed by atoms with Crippen LogP contribution in [0.4, 0.5) is 4.39 Å². The van der Waals surface area contributed by atoms with Gasteiger partial charge < -0.3 is 15.7 Å². The van der Waals surface area contributed by atoms with E-state index < -0.39 is 0 Å². The normalized spacial score (nSPS) is 33.7. The van der Waals surface area contributed by atoms with Crippen molar-refractivity contribution in [3.8, 4) is 0 Å². The Morgan fingerprint density at radius 3 is 2.70 bits per heavy atom. The summed E-state index contributed by atoms with van der Waals surface area (Å²) >= 11 is 0. The van der Waals surface area contributed by atoms with Gasteiger partial charge in [-0.15, -0.1) is 0 Å². The van der Waals surface area contributed by atoms with Crippen LogP contribution in [0.25, 0.3) is 0 Å². The molecule has 3 rings (SSSR count). The lowest BCUT2D eigenvalue weighted by molar-refractivity contribution is 0.144. The van der Waals surface area contributed by atoms with Gasteiger partial charge in [-0.2, -0.15) is 0 Å². The zero-order valence-electron chi connectivity index (χ0n) is 11.7. The van der Waals surface area contributed by atoms with E-state index >= 15 is 0 Å². The Morgan fingerprint density at radius 2 is 2.00 bits per heavy atom. The van der Waals surface area contributed by atoms with E-state index in [2.05, 4.69) is 10.6 Å². The minimum Gasteiger partial charge on any atom is -0.391 e. The highest BCUT2D eigenvalue weighted by Crippen LogP contribution is 2.34. The van der Waals surface area contributed by atoms with Crippen LogP contribution in [0.1, 0.15) is 30.7 Å². The quantitative estimate of drug-likeness (QED) is 0.784. The first-order valence-corrected chi connectivity index (χ1v) is 7.61. The molecule has 1 saturated carbocycles. The van der Waals surface area contributed by atoms with Crippen molar-refractivity contribution >= 4 is 0 Å². The lowest BCUT2D eigenvalue weighted by atomic mass is 9.93. The Hall–Kier alpha value is -0.970. The first-order chi connectivity index (χ1) is 9.74. The van der Waals surface area contributed by atoms with Crippen molar-refractivity contribution in [3.63, 3.8) is 0 Å². The van der Waals surface area contributed by atoms with Crippen molar-refractivity contribution < 1.29 is 9.50 Å². The molecule has 1 aromatic rings. The first-order valence-electron chi connectivity index (χ1n) is 7.61. The fourth-order valence-electron chi connectivity index (χ4n) is 3.54. The number of benzene rings is 1. The van der Waals surface area contributed by atoms with Gasteiger partial charge in [0.25, 0.3) is 0 Å². The number of rotatable bonds is 4. The van der Waals surface area contributed by atoms with E-state index in [0.717, 1.165) is 25.9 Å². The summed E-state index contributed by atoms with van der Waals surface area (Å²) in [5, 5.41) is 16.7. The predicted octanol–water partition coefficient (Wildman–Crippen LogP) is 1.63. The van der Waals surface area contributed by atoms with E-state index in [0.29, 0.717) is 24.4 Å². The van der Waals surface area contributed by atoms with Gasteiger partial charge >= 0.3 is 0 Å². The molecule has 1 saturated heterocycles. The molecule has 20 heavy (non-hydrogen) atoms. The minimum absolute atomic E-state index is 0.170. The van der Waals surface area contributed by atoms with Gasteiger partial charge in [0.2, 0.25) is 0 Å². The average Bonchev–Trinajstić information content (AvgIpc) is 3.06. The molecule has 110 valence electrons. The Morgan fingerprint density at radius 1 is 1.20 bits per heavy atom. The fraction of sp³-hybridized carbons (Fsp3) is 0.625. The summed E-state index contributed by atoms with van der Waals surface area (Å²) in [4.78, 5) is 0. The Bertz CT molecular complexity index is 437. The van der Waals surface area contributed by atoms with Crippen molar-refractivity contribution in [2.75, 3.05) is 19.6 Å². The third kappa shape index (κ3) is 3.03. The van der Waals surface area contributed by atoms with Crippen molar-refractivity contribution in [2.24, 2.45) is 5.92 Å². The third-order valence-corrected chi connectivity index (χ3v) is 4.76.